The van der Waals surface area contributed by atoms with Gasteiger partial charge in [0.2, 0.25) is 5.91 Å². The maximum atomic E-state index is 11.8. The van der Waals surface area contributed by atoms with Crippen molar-refractivity contribution in [2.45, 2.75) is 31.5 Å². The number of aromatic carboxylic acids is 1. The predicted molar refractivity (Wildman–Crippen MR) is 77.5 cm³/mol. The molecule has 0 saturated carbocycles. The molecular formula is C14H16BNO6. The molecule has 116 valence electrons. The number of para-hydroxylation sites is 1. The van der Waals surface area contributed by atoms with Gasteiger partial charge in [-0.1, -0.05) is 12.1 Å². The Morgan fingerprint density at radius 1 is 1.32 bits per heavy atom. The Kier molecular flexibility index (Phi) is 4.82. The van der Waals surface area contributed by atoms with Gasteiger partial charge in [0, 0.05) is 25.1 Å². The number of rotatable bonds is 6. The van der Waals surface area contributed by atoms with Crippen LogP contribution in [0.2, 0.25) is 5.82 Å². The number of Topliss-reactive ketones (excluding diaryl/α,β-unsaturated/α-hetero) is 1. The van der Waals surface area contributed by atoms with Crippen molar-refractivity contribution in [1.29, 1.82) is 0 Å². The van der Waals surface area contributed by atoms with Gasteiger partial charge >= 0.3 is 13.1 Å². The van der Waals surface area contributed by atoms with Gasteiger partial charge in [0.25, 0.3) is 0 Å². The summed E-state index contributed by atoms with van der Waals surface area (Å²) in [4.78, 5) is 33.6. The summed E-state index contributed by atoms with van der Waals surface area (Å²) in [6, 6.07) is 4.69. The summed E-state index contributed by atoms with van der Waals surface area (Å²) in [6.45, 7) is 0. The smallest absolute Gasteiger partial charge is 0.526 e. The van der Waals surface area contributed by atoms with Gasteiger partial charge in [-0.2, -0.15) is 0 Å². The van der Waals surface area contributed by atoms with Crippen LogP contribution >= 0.6 is 0 Å². The Balaban J connectivity index is 2.09. The normalized spacial score (nSPS) is 16.6. The lowest BCUT2D eigenvalue weighted by molar-refractivity contribution is -0.123. The van der Waals surface area contributed by atoms with E-state index in [1.807, 2.05) is 0 Å². The largest absolute Gasteiger partial charge is 0.535 e. The lowest BCUT2D eigenvalue weighted by Gasteiger charge is -2.27. The molecule has 1 aromatic carbocycles. The van der Waals surface area contributed by atoms with Crippen LogP contribution in [-0.2, 0) is 16.0 Å². The fourth-order valence-electron chi connectivity index (χ4n) is 2.48. The molecule has 0 saturated heterocycles. The van der Waals surface area contributed by atoms with Gasteiger partial charge < -0.3 is 20.5 Å². The fourth-order valence-corrected chi connectivity index (χ4v) is 2.48. The third kappa shape index (κ3) is 3.64. The number of carbonyl (C=O) groups excluding carboxylic acids is 2. The van der Waals surface area contributed by atoms with Crippen molar-refractivity contribution in [3.8, 4) is 5.75 Å². The average molecular weight is 305 g/mol. The van der Waals surface area contributed by atoms with Gasteiger partial charge in [0.15, 0.2) is 0 Å². The predicted octanol–water partition coefficient (Wildman–Crippen LogP) is 0.395. The molecule has 0 fully saturated rings. The van der Waals surface area contributed by atoms with Crippen LogP contribution in [0.4, 0.5) is 0 Å². The number of carbonyl (C=O) groups is 3. The zero-order valence-corrected chi connectivity index (χ0v) is 11.8. The maximum absolute atomic E-state index is 11.8. The molecule has 0 bridgehead atoms. The molecular weight excluding hydrogens is 289 g/mol. The number of carboxylic acids is 1. The summed E-state index contributed by atoms with van der Waals surface area (Å²) in [5.41, 5.74) is 5.61. The first-order chi connectivity index (χ1) is 10.4. The highest BCUT2D eigenvalue weighted by atomic mass is 16.5. The number of carboxylic acid groups (broad SMARTS) is 1. The Labute approximate surface area is 127 Å². The molecule has 0 aromatic heterocycles. The van der Waals surface area contributed by atoms with E-state index in [1.54, 1.807) is 12.1 Å². The number of ketones is 1. The highest BCUT2D eigenvalue weighted by molar-refractivity contribution is 6.47. The number of hydrogen-bond acceptors (Lipinski definition) is 5. The molecule has 1 atom stereocenters. The Morgan fingerprint density at radius 2 is 2.05 bits per heavy atom. The number of hydrogen-bond donors (Lipinski definition) is 3. The van der Waals surface area contributed by atoms with Gasteiger partial charge in [-0.05, 0) is 18.1 Å². The van der Waals surface area contributed by atoms with Gasteiger partial charge in [0.1, 0.15) is 11.5 Å². The van der Waals surface area contributed by atoms with Crippen molar-refractivity contribution >= 4 is 24.8 Å². The Morgan fingerprint density at radius 3 is 2.68 bits per heavy atom. The van der Waals surface area contributed by atoms with Gasteiger partial charge in [-0.25, -0.2) is 4.79 Å². The zero-order valence-electron chi connectivity index (χ0n) is 11.8. The quantitative estimate of drug-likeness (QED) is 0.653. The standard InChI is InChI=1S/C14H16BNO6/c16-12(18)5-4-10(17)7-9-6-8-2-1-3-11(14(19)20)13(8)22-15(9)21/h1-3,9,21H,4-7H2,(H2,16,18)(H,19,20)/t9-/m1/s1. The van der Waals surface area contributed by atoms with Crippen LogP contribution in [0.1, 0.15) is 35.2 Å². The van der Waals surface area contributed by atoms with E-state index in [9.17, 15) is 19.4 Å². The maximum Gasteiger partial charge on any atom is 0.526 e. The summed E-state index contributed by atoms with van der Waals surface area (Å²) >= 11 is 0. The highest BCUT2D eigenvalue weighted by Gasteiger charge is 2.37. The van der Waals surface area contributed by atoms with E-state index in [-0.39, 0.29) is 36.4 Å². The van der Waals surface area contributed by atoms with E-state index in [2.05, 4.69) is 0 Å². The zero-order chi connectivity index (χ0) is 16.3. The third-order valence-corrected chi connectivity index (χ3v) is 3.59. The van der Waals surface area contributed by atoms with Crippen LogP contribution in [0.15, 0.2) is 18.2 Å². The van der Waals surface area contributed by atoms with Crippen molar-refractivity contribution in [1.82, 2.24) is 0 Å². The highest BCUT2D eigenvalue weighted by Crippen LogP contribution is 2.36. The van der Waals surface area contributed by atoms with Crippen LogP contribution in [0.25, 0.3) is 0 Å². The molecule has 7 nitrogen and oxygen atoms in total. The first-order valence-corrected chi connectivity index (χ1v) is 6.88. The minimum absolute atomic E-state index is 0.0185. The molecule has 0 unspecified atom stereocenters. The minimum Gasteiger partial charge on any atom is -0.535 e. The molecule has 0 aliphatic carbocycles. The molecule has 8 heteroatoms. The van der Waals surface area contributed by atoms with Gasteiger partial charge in [-0.3, -0.25) is 9.59 Å². The second-order valence-electron chi connectivity index (χ2n) is 5.28. The second kappa shape index (κ2) is 6.61. The molecule has 2 rings (SSSR count). The first-order valence-electron chi connectivity index (χ1n) is 6.88. The molecule has 1 aliphatic rings. The van der Waals surface area contributed by atoms with Crippen LogP contribution in [0.3, 0.4) is 0 Å². The van der Waals surface area contributed by atoms with E-state index in [4.69, 9.17) is 15.5 Å². The Hall–Kier alpha value is -2.35. The van der Waals surface area contributed by atoms with E-state index in [0.29, 0.717) is 12.0 Å². The summed E-state index contributed by atoms with van der Waals surface area (Å²) in [6.07, 6.45) is 0.383. The number of benzene rings is 1. The van der Waals surface area contributed by atoms with Crippen LogP contribution < -0.4 is 10.4 Å². The second-order valence-corrected chi connectivity index (χ2v) is 5.28. The number of amides is 1. The number of nitrogens with two attached hydrogens (primary N) is 1. The number of primary amides is 1. The van der Waals surface area contributed by atoms with Crippen LogP contribution in [0.5, 0.6) is 5.75 Å². The molecule has 1 aromatic rings. The van der Waals surface area contributed by atoms with Crippen molar-refractivity contribution in [3.05, 3.63) is 29.3 Å². The van der Waals surface area contributed by atoms with Crippen LogP contribution in [0, 0.1) is 0 Å². The molecule has 4 N–H and O–H groups in total. The topological polar surface area (TPSA) is 127 Å². The van der Waals surface area contributed by atoms with E-state index in [1.165, 1.54) is 6.07 Å². The van der Waals surface area contributed by atoms with Crippen molar-refractivity contribution in [2.24, 2.45) is 5.73 Å². The molecule has 22 heavy (non-hydrogen) atoms. The minimum atomic E-state index is -1.26. The summed E-state index contributed by atoms with van der Waals surface area (Å²) in [5.74, 6) is -2.21. The Bertz CT molecular complexity index is 617. The van der Waals surface area contributed by atoms with Crippen molar-refractivity contribution in [2.75, 3.05) is 0 Å². The van der Waals surface area contributed by atoms with Gasteiger partial charge in [-0.15, -0.1) is 0 Å². The number of fused-ring (bicyclic) bond motifs is 1. The SMILES string of the molecule is NC(=O)CCC(=O)C[C@H]1Cc2cccc(C(=O)O)c2OB1O. The summed E-state index contributed by atoms with van der Waals surface area (Å²) in [5, 5.41) is 19.1. The summed E-state index contributed by atoms with van der Waals surface area (Å²) in [7, 11) is -1.26. The lowest BCUT2D eigenvalue weighted by Crippen LogP contribution is -2.35. The van der Waals surface area contributed by atoms with Crippen LogP contribution in [-0.4, -0.2) is 34.9 Å². The van der Waals surface area contributed by atoms with Gasteiger partial charge in [0.05, 0.1) is 5.56 Å². The molecule has 1 heterocycles. The average Bonchev–Trinajstić information content (AvgIpc) is 2.45. The van der Waals surface area contributed by atoms with Crippen molar-refractivity contribution in [3.63, 3.8) is 0 Å². The monoisotopic (exact) mass is 305 g/mol. The third-order valence-electron chi connectivity index (χ3n) is 3.59. The van der Waals surface area contributed by atoms with E-state index >= 15 is 0 Å². The van der Waals surface area contributed by atoms with Crippen molar-refractivity contribution < 1.29 is 29.2 Å². The summed E-state index contributed by atoms with van der Waals surface area (Å²) < 4.78 is 5.29. The molecule has 1 aliphatic heterocycles. The fraction of sp³-hybridized carbons (Fsp3) is 0.357. The van der Waals surface area contributed by atoms with E-state index in [0.717, 1.165) is 0 Å². The lowest BCUT2D eigenvalue weighted by atomic mass is 9.64. The first kappa shape index (κ1) is 16.0. The molecule has 1 amide bonds. The molecule has 0 radical (unpaired) electrons. The van der Waals surface area contributed by atoms with E-state index < -0.39 is 24.8 Å². The molecule has 0 spiro atoms.